The van der Waals surface area contributed by atoms with Crippen LogP contribution in [0.5, 0.6) is 11.5 Å². The molecule has 0 saturated carbocycles. The number of fused-ring (bicyclic) bond motifs is 1. The highest BCUT2D eigenvalue weighted by Crippen LogP contribution is 2.36. The molecule has 1 atom stereocenters. The number of hydrogen-bond donors (Lipinski definition) is 1. The topological polar surface area (TPSA) is 49.0 Å². The third kappa shape index (κ3) is 4.09. The second-order valence-corrected chi connectivity index (χ2v) is 5.96. The maximum Gasteiger partial charge on any atom is 0.231 e. The van der Waals surface area contributed by atoms with Gasteiger partial charge in [-0.2, -0.15) is 0 Å². The Kier molecular flexibility index (Phi) is 6.12. The lowest BCUT2D eigenvalue weighted by atomic mass is 9.89. The second-order valence-electron chi connectivity index (χ2n) is 5.96. The van der Waals surface area contributed by atoms with Crippen LogP contribution in [0.4, 0.5) is 0 Å². The van der Waals surface area contributed by atoms with Gasteiger partial charge < -0.3 is 24.3 Å². The molecular formula is C19H27NO4. The average molecular weight is 333 g/mol. The van der Waals surface area contributed by atoms with Crippen molar-refractivity contribution in [3.63, 3.8) is 0 Å². The first-order chi connectivity index (χ1) is 11.8. The smallest absolute Gasteiger partial charge is 0.231 e. The Balaban J connectivity index is 1.68. The summed E-state index contributed by atoms with van der Waals surface area (Å²) in [7, 11) is 0. The molecule has 0 unspecified atom stereocenters. The molecule has 0 radical (unpaired) electrons. The molecule has 0 saturated heterocycles. The molecule has 1 N–H and O–H groups in total. The van der Waals surface area contributed by atoms with Crippen LogP contribution in [0.25, 0.3) is 5.57 Å². The minimum atomic E-state index is -0.195. The highest BCUT2D eigenvalue weighted by atomic mass is 16.7. The van der Waals surface area contributed by atoms with E-state index in [4.69, 9.17) is 18.9 Å². The fourth-order valence-electron chi connectivity index (χ4n) is 3.26. The third-order valence-corrected chi connectivity index (χ3v) is 4.38. The molecule has 1 aliphatic heterocycles. The van der Waals surface area contributed by atoms with Crippen molar-refractivity contribution in [3.8, 4) is 11.5 Å². The number of nitrogens with one attached hydrogen (secondary N) is 1. The van der Waals surface area contributed by atoms with E-state index in [0.717, 1.165) is 24.3 Å². The van der Waals surface area contributed by atoms with E-state index in [9.17, 15) is 0 Å². The van der Waals surface area contributed by atoms with E-state index in [1.807, 2.05) is 19.9 Å². The molecule has 24 heavy (non-hydrogen) atoms. The number of hydrogen-bond acceptors (Lipinski definition) is 5. The van der Waals surface area contributed by atoms with Crippen LogP contribution < -0.4 is 14.8 Å². The van der Waals surface area contributed by atoms with Crippen LogP contribution in [-0.4, -0.2) is 38.9 Å². The van der Waals surface area contributed by atoms with Gasteiger partial charge in [-0.3, -0.25) is 0 Å². The Morgan fingerprint density at radius 2 is 1.96 bits per heavy atom. The summed E-state index contributed by atoms with van der Waals surface area (Å²) in [6, 6.07) is 6.49. The largest absolute Gasteiger partial charge is 0.454 e. The van der Waals surface area contributed by atoms with Gasteiger partial charge in [-0.15, -0.1) is 0 Å². The molecule has 0 amide bonds. The van der Waals surface area contributed by atoms with Gasteiger partial charge >= 0.3 is 0 Å². The van der Waals surface area contributed by atoms with Gasteiger partial charge in [-0.25, -0.2) is 0 Å². The van der Waals surface area contributed by atoms with Crippen LogP contribution in [0.3, 0.4) is 0 Å². The van der Waals surface area contributed by atoms with Gasteiger partial charge in [0.05, 0.1) is 0 Å². The molecule has 0 bridgehead atoms. The summed E-state index contributed by atoms with van der Waals surface area (Å²) in [5.74, 6) is 1.66. The molecule has 5 heteroatoms. The Hall–Kier alpha value is -1.56. The summed E-state index contributed by atoms with van der Waals surface area (Å²) in [4.78, 5) is 0. The minimum Gasteiger partial charge on any atom is -0.454 e. The summed E-state index contributed by atoms with van der Waals surface area (Å²) >= 11 is 0. The van der Waals surface area contributed by atoms with Crippen LogP contribution in [0.15, 0.2) is 24.3 Å². The predicted octanol–water partition coefficient (Wildman–Crippen LogP) is 3.34. The zero-order chi connectivity index (χ0) is 16.8. The van der Waals surface area contributed by atoms with Gasteiger partial charge in [0, 0.05) is 25.8 Å². The first-order valence-electron chi connectivity index (χ1n) is 8.88. The fraction of sp³-hybridized carbons (Fsp3) is 0.579. The second kappa shape index (κ2) is 8.51. The standard InChI is InChI=1S/C19H27NO4/c1-3-21-19(22-4-2)12-20-16-8-6-5-7-15(16)14-9-10-17-18(11-14)24-13-23-17/h7,9-11,16,19-20H,3-6,8,12-13H2,1-2H3/t16-/m0/s1. The molecule has 132 valence electrons. The summed E-state index contributed by atoms with van der Waals surface area (Å²) in [6.45, 7) is 6.29. The lowest BCUT2D eigenvalue weighted by molar-refractivity contribution is -0.133. The van der Waals surface area contributed by atoms with Crippen molar-refractivity contribution in [1.29, 1.82) is 0 Å². The molecule has 1 aromatic rings. The third-order valence-electron chi connectivity index (χ3n) is 4.38. The van der Waals surface area contributed by atoms with E-state index in [0.29, 0.717) is 32.6 Å². The van der Waals surface area contributed by atoms with Gasteiger partial charge in [0.1, 0.15) is 0 Å². The van der Waals surface area contributed by atoms with E-state index in [-0.39, 0.29) is 6.29 Å². The molecule has 1 aromatic carbocycles. The number of ether oxygens (including phenoxy) is 4. The summed E-state index contributed by atoms with van der Waals surface area (Å²) in [5, 5.41) is 3.62. The van der Waals surface area contributed by atoms with Crippen molar-refractivity contribution in [2.75, 3.05) is 26.6 Å². The molecule has 3 rings (SSSR count). The van der Waals surface area contributed by atoms with E-state index in [2.05, 4.69) is 23.5 Å². The molecule has 5 nitrogen and oxygen atoms in total. The Morgan fingerprint density at radius 1 is 1.17 bits per heavy atom. The highest BCUT2D eigenvalue weighted by Gasteiger charge is 2.22. The summed E-state index contributed by atoms with van der Waals surface area (Å²) < 4.78 is 22.2. The molecule has 0 spiro atoms. The first-order valence-corrected chi connectivity index (χ1v) is 8.88. The fourth-order valence-corrected chi connectivity index (χ4v) is 3.26. The molecule has 0 fully saturated rings. The SMILES string of the molecule is CCOC(CN[C@H]1CCCC=C1c1ccc2c(c1)OCO2)OCC. The zero-order valence-electron chi connectivity index (χ0n) is 14.5. The van der Waals surface area contributed by atoms with Gasteiger partial charge in [-0.1, -0.05) is 12.1 Å². The lowest BCUT2D eigenvalue weighted by Gasteiger charge is -2.28. The molecule has 1 aliphatic carbocycles. The summed E-state index contributed by atoms with van der Waals surface area (Å²) in [6.07, 6.45) is 5.56. The first kappa shape index (κ1) is 17.3. The van der Waals surface area contributed by atoms with Crippen LogP contribution in [0.2, 0.25) is 0 Å². The Bertz CT molecular complexity index is 566. The maximum absolute atomic E-state index is 5.63. The minimum absolute atomic E-state index is 0.195. The van der Waals surface area contributed by atoms with Gasteiger partial charge in [0.2, 0.25) is 6.79 Å². The summed E-state index contributed by atoms with van der Waals surface area (Å²) in [5.41, 5.74) is 2.52. The van der Waals surface area contributed by atoms with E-state index in [1.54, 1.807) is 0 Å². The molecule has 2 aliphatic rings. The van der Waals surface area contributed by atoms with E-state index in [1.165, 1.54) is 17.6 Å². The van der Waals surface area contributed by atoms with Crippen molar-refractivity contribution in [2.24, 2.45) is 0 Å². The number of allylic oxidation sites excluding steroid dienone is 1. The van der Waals surface area contributed by atoms with Gasteiger partial charge in [0.15, 0.2) is 17.8 Å². The Morgan fingerprint density at radius 3 is 2.75 bits per heavy atom. The zero-order valence-corrected chi connectivity index (χ0v) is 14.5. The predicted molar refractivity (Wildman–Crippen MR) is 93.2 cm³/mol. The van der Waals surface area contributed by atoms with Crippen molar-refractivity contribution in [2.45, 2.75) is 45.4 Å². The quantitative estimate of drug-likeness (QED) is 0.740. The lowest BCUT2D eigenvalue weighted by Crippen LogP contribution is -2.39. The normalized spacial score (nSPS) is 19.6. The molecule has 1 heterocycles. The molecule has 0 aromatic heterocycles. The number of benzene rings is 1. The van der Waals surface area contributed by atoms with Crippen LogP contribution in [0, 0.1) is 0 Å². The van der Waals surface area contributed by atoms with Crippen LogP contribution in [0.1, 0.15) is 38.7 Å². The van der Waals surface area contributed by atoms with Crippen molar-refractivity contribution < 1.29 is 18.9 Å². The van der Waals surface area contributed by atoms with Gasteiger partial charge in [0.25, 0.3) is 0 Å². The monoisotopic (exact) mass is 333 g/mol. The van der Waals surface area contributed by atoms with E-state index < -0.39 is 0 Å². The Labute approximate surface area is 143 Å². The number of rotatable bonds is 8. The molecular weight excluding hydrogens is 306 g/mol. The van der Waals surface area contributed by atoms with Crippen molar-refractivity contribution >= 4 is 5.57 Å². The van der Waals surface area contributed by atoms with Gasteiger partial charge in [-0.05, 0) is 56.4 Å². The van der Waals surface area contributed by atoms with Crippen LogP contribution >= 0.6 is 0 Å². The van der Waals surface area contributed by atoms with Crippen molar-refractivity contribution in [3.05, 3.63) is 29.8 Å². The van der Waals surface area contributed by atoms with E-state index >= 15 is 0 Å². The van der Waals surface area contributed by atoms with Crippen molar-refractivity contribution in [1.82, 2.24) is 5.32 Å². The average Bonchev–Trinajstić information content (AvgIpc) is 3.08. The maximum atomic E-state index is 5.63. The van der Waals surface area contributed by atoms with Crippen LogP contribution in [-0.2, 0) is 9.47 Å². The highest BCUT2D eigenvalue weighted by molar-refractivity contribution is 5.72.